The van der Waals surface area contributed by atoms with Gasteiger partial charge in [-0.15, -0.1) is 0 Å². The Balaban J connectivity index is 1.41. The normalized spacial score (nSPS) is 13.9. The summed E-state index contributed by atoms with van der Waals surface area (Å²) in [4.78, 5) is 35.7. The third-order valence-corrected chi connectivity index (χ3v) is 7.77. The van der Waals surface area contributed by atoms with Crippen LogP contribution in [0.25, 0.3) is 11.4 Å². The molecule has 4 aromatic rings. The van der Waals surface area contributed by atoms with E-state index in [0.717, 1.165) is 35.6 Å². The van der Waals surface area contributed by atoms with Gasteiger partial charge in [-0.1, -0.05) is 41.1 Å². The van der Waals surface area contributed by atoms with Gasteiger partial charge in [0.1, 0.15) is 10.7 Å². The topological polar surface area (TPSA) is 119 Å². The molecule has 1 aliphatic rings. The molecule has 2 aromatic carbocycles. The molecule has 1 fully saturated rings. The minimum atomic E-state index is -0.390. The minimum absolute atomic E-state index is 0.106. The van der Waals surface area contributed by atoms with Crippen molar-refractivity contribution in [2.24, 2.45) is 0 Å². The lowest BCUT2D eigenvalue weighted by Crippen LogP contribution is -2.47. The number of rotatable bonds is 8. The summed E-state index contributed by atoms with van der Waals surface area (Å²) in [6, 6.07) is 9.88. The van der Waals surface area contributed by atoms with Crippen molar-refractivity contribution in [3.63, 3.8) is 0 Å². The Hall–Kier alpha value is -3.71. The second-order valence-electron chi connectivity index (χ2n) is 9.33. The fourth-order valence-electron chi connectivity index (χ4n) is 4.33. The van der Waals surface area contributed by atoms with E-state index in [-0.39, 0.29) is 24.3 Å². The first kappa shape index (κ1) is 27.8. The molecule has 13 heteroatoms. The SMILES string of the molecule is Cc1ccc(F)cc1-c1nc(Nc2ncc(C(=O)Nc3c(C)cccc3Cl)s2)nc(N2CCN(CCO)CC2)n1. The predicted octanol–water partition coefficient (Wildman–Crippen LogP) is 4.51. The van der Waals surface area contributed by atoms with E-state index in [9.17, 15) is 14.3 Å². The standard InChI is InChI=1S/C27H28ClFN8O2S/c1-16-6-7-18(29)14-19(16)23-32-25(34-26(33-23)37-10-8-36(9-11-37)12-13-38)35-27-30-15-21(40-27)24(39)31-22-17(2)4-3-5-20(22)28/h3-7,14-15,38H,8-13H2,1-2H3,(H,31,39)(H,30,32,33,34,35). The number of aryl methyl sites for hydroxylation is 2. The predicted molar refractivity (Wildman–Crippen MR) is 155 cm³/mol. The van der Waals surface area contributed by atoms with Gasteiger partial charge >= 0.3 is 0 Å². The number of aromatic nitrogens is 4. The molecule has 10 nitrogen and oxygen atoms in total. The van der Waals surface area contributed by atoms with Crippen molar-refractivity contribution < 1.29 is 14.3 Å². The van der Waals surface area contributed by atoms with Crippen LogP contribution in [0.1, 0.15) is 20.8 Å². The number of carbonyl (C=O) groups excluding carboxylic acids is 1. The Labute approximate surface area is 239 Å². The van der Waals surface area contributed by atoms with Crippen molar-refractivity contribution in [1.82, 2.24) is 24.8 Å². The van der Waals surface area contributed by atoms with E-state index in [1.807, 2.05) is 30.9 Å². The van der Waals surface area contributed by atoms with Gasteiger partial charge in [-0.25, -0.2) is 9.37 Å². The second-order valence-corrected chi connectivity index (χ2v) is 10.8. The van der Waals surface area contributed by atoms with Crippen LogP contribution >= 0.6 is 22.9 Å². The maximum absolute atomic E-state index is 14.2. The highest BCUT2D eigenvalue weighted by molar-refractivity contribution is 7.17. The van der Waals surface area contributed by atoms with E-state index < -0.39 is 0 Å². The fraction of sp³-hybridized carbons (Fsp3) is 0.296. The number of anilines is 4. The summed E-state index contributed by atoms with van der Waals surface area (Å²) < 4.78 is 14.2. The van der Waals surface area contributed by atoms with Crippen LogP contribution in [0.3, 0.4) is 0 Å². The summed E-state index contributed by atoms with van der Waals surface area (Å²) in [5.74, 6) is 0.271. The van der Waals surface area contributed by atoms with Gasteiger partial charge in [0.15, 0.2) is 11.0 Å². The number of aliphatic hydroxyl groups excluding tert-OH is 1. The van der Waals surface area contributed by atoms with E-state index in [1.54, 1.807) is 12.1 Å². The largest absolute Gasteiger partial charge is 0.395 e. The molecule has 1 saturated heterocycles. The first-order valence-corrected chi connectivity index (χ1v) is 13.9. The van der Waals surface area contributed by atoms with Crippen LogP contribution in [-0.4, -0.2) is 75.2 Å². The van der Waals surface area contributed by atoms with Crippen molar-refractivity contribution in [3.8, 4) is 11.4 Å². The van der Waals surface area contributed by atoms with Gasteiger partial charge in [0.2, 0.25) is 11.9 Å². The van der Waals surface area contributed by atoms with Crippen LogP contribution in [0.15, 0.2) is 42.6 Å². The maximum Gasteiger partial charge on any atom is 0.267 e. The zero-order chi connectivity index (χ0) is 28.2. The lowest BCUT2D eigenvalue weighted by Gasteiger charge is -2.34. The number of hydrogen-bond donors (Lipinski definition) is 3. The van der Waals surface area contributed by atoms with Crippen molar-refractivity contribution in [2.75, 3.05) is 54.9 Å². The number of aliphatic hydroxyl groups is 1. The number of thiazole rings is 1. The Kier molecular flexibility index (Phi) is 8.50. The van der Waals surface area contributed by atoms with Crippen LogP contribution in [0, 0.1) is 19.7 Å². The minimum Gasteiger partial charge on any atom is -0.395 e. The molecule has 0 saturated carbocycles. The van der Waals surface area contributed by atoms with Crippen molar-refractivity contribution >= 4 is 51.6 Å². The van der Waals surface area contributed by atoms with Crippen LogP contribution in [0.5, 0.6) is 0 Å². The molecule has 0 radical (unpaired) electrons. The molecule has 2 aromatic heterocycles. The third-order valence-electron chi connectivity index (χ3n) is 6.54. The Bertz CT molecular complexity index is 1510. The summed E-state index contributed by atoms with van der Waals surface area (Å²) in [6.07, 6.45) is 1.47. The average molecular weight is 583 g/mol. The molecule has 0 aliphatic carbocycles. The van der Waals surface area contributed by atoms with Crippen LogP contribution in [0.4, 0.5) is 27.1 Å². The monoisotopic (exact) mass is 582 g/mol. The van der Waals surface area contributed by atoms with Gasteiger partial charge < -0.3 is 15.3 Å². The maximum atomic E-state index is 14.2. The molecule has 40 heavy (non-hydrogen) atoms. The van der Waals surface area contributed by atoms with E-state index in [2.05, 4.69) is 35.5 Å². The molecule has 0 unspecified atom stereocenters. The number of hydrogen-bond acceptors (Lipinski definition) is 10. The molecular weight excluding hydrogens is 555 g/mol. The second kappa shape index (κ2) is 12.2. The number of para-hydroxylation sites is 1. The Morgan fingerprint density at radius 3 is 2.65 bits per heavy atom. The highest BCUT2D eigenvalue weighted by atomic mass is 35.5. The number of piperazine rings is 1. The smallest absolute Gasteiger partial charge is 0.267 e. The molecule has 0 atom stereocenters. The van der Waals surface area contributed by atoms with Gasteiger partial charge in [-0.05, 0) is 43.2 Å². The molecular formula is C27H28ClFN8O2S. The number of nitrogens with one attached hydrogen (secondary N) is 2. The Morgan fingerprint density at radius 1 is 1.10 bits per heavy atom. The fourth-order valence-corrected chi connectivity index (χ4v) is 5.30. The molecule has 3 N–H and O–H groups in total. The zero-order valence-electron chi connectivity index (χ0n) is 22.0. The Morgan fingerprint density at radius 2 is 1.90 bits per heavy atom. The summed E-state index contributed by atoms with van der Waals surface area (Å²) in [6.45, 7) is 7.27. The van der Waals surface area contributed by atoms with Gasteiger partial charge in [0.25, 0.3) is 5.91 Å². The van der Waals surface area contributed by atoms with Crippen molar-refractivity contribution in [3.05, 3.63) is 69.4 Å². The van der Waals surface area contributed by atoms with Crippen molar-refractivity contribution in [1.29, 1.82) is 0 Å². The van der Waals surface area contributed by atoms with Gasteiger partial charge in [0.05, 0.1) is 23.5 Å². The first-order chi connectivity index (χ1) is 19.3. The van der Waals surface area contributed by atoms with E-state index in [1.165, 1.54) is 18.3 Å². The highest BCUT2D eigenvalue weighted by Gasteiger charge is 2.22. The molecule has 0 spiro atoms. The lowest BCUT2D eigenvalue weighted by molar-refractivity contribution is 0.103. The summed E-state index contributed by atoms with van der Waals surface area (Å²) >= 11 is 7.40. The molecule has 208 valence electrons. The third kappa shape index (κ3) is 6.36. The van der Waals surface area contributed by atoms with E-state index in [4.69, 9.17) is 11.6 Å². The lowest BCUT2D eigenvalue weighted by atomic mass is 10.1. The van der Waals surface area contributed by atoms with Gasteiger partial charge in [-0.2, -0.15) is 15.0 Å². The molecule has 3 heterocycles. The van der Waals surface area contributed by atoms with Crippen LogP contribution in [0.2, 0.25) is 5.02 Å². The van der Waals surface area contributed by atoms with Crippen LogP contribution in [-0.2, 0) is 0 Å². The van der Waals surface area contributed by atoms with E-state index >= 15 is 0 Å². The summed E-state index contributed by atoms with van der Waals surface area (Å²) in [5, 5.41) is 16.1. The average Bonchev–Trinajstić information content (AvgIpc) is 3.41. The number of benzene rings is 2. The number of amides is 1. The van der Waals surface area contributed by atoms with Gasteiger partial charge in [0, 0.05) is 38.3 Å². The molecule has 1 aliphatic heterocycles. The van der Waals surface area contributed by atoms with Crippen molar-refractivity contribution in [2.45, 2.75) is 13.8 Å². The highest BCUT2D eigenvalue weighted by Crippen LogP contribution is 2.29. The summed E-state index contributed by atoms with van der Waals surface area (Å²) in [7, 11) is 0. The van der Waals surface area contributed by atoms with E-state index in [0.29, 0.717) is 57.7 Å². The number of nitrogens with zero attached hydrogens (tertiary/aromatic N) is 6. The zero-order valence-corrected chi connectivity index (χ0v) is 23.6. The summed E-state index contributed by atoms with van der Waals surface area (Å²) in [5.41, 5.74) is 2.77. The van der Waals surface area contributed by atoms with Crippen LogP contribution < -0.4 is 15.5 Å². The number of β-amino-alcohol motifs (C(OH)–C–C–N with tert-alkyl or cyclic N) is 1. The molecule has 5 rings (SSSR count). The van der Waals surface area contributed by atoms with Gasteiger partial charge in [-0.3, -0.25) is 15.0 Å². The number of halogens is 2. The number of carbonyl (C=O) groups is 1. The molecule has 0 bridgehead atoms. The quantitative estimate of drug-likeness (QED) is 0.275. The first-order valence-electron chi connectivity index (χ1n) is 12.7. The molecule has 1 amide bonds.